The second-order valence-electron chi connectivity index (χ2n) is 4.69. The zero-order valence-corrected chi connectivity index (χ0v) is 13.1. The Balaban J connectivity index is 2.32. The number of hydrogen-bond acceptors (Lipinski definition) is 3. The van der Waals surface area contributed by atoms with Crippen molar-refractivity contribution in [2.24, 2.45) is 0 Å². The van der Waals surface area contributed by atoms with Gasteiger partial charge >= 0.3 is 16.6 Å². The van der Waals surface area contributed by atoms with Gasteiger partial charge in [0.25, 0.3) is 0 Å². The number of carbonyl (C=O) groups is 1. The highest BCUT2D eigenvalue weighted by molar-refractivity contribution is 7.84. The minimum atomic E-state index is -5.12. The summed E-state index contributed by atoms with van der Waals surface area (Å²) in [5.41, 5.74) is -0.0404. The van der Waals surface area contributed by atoms with Crippen LogP contribution >= 0.6 is 11.6 Å². The molecule has 3 atom stereocenters. The van der Waals surface area contributed by atoms with Gasteiger partial charge in [-0.15, -0.1) is 0 Å². The number of alkyl halides is 5. The number of esters is 1. The molecule has 1 aromatic carbocycles. The van der Waals surface area contributed by atoms with Crippen molar-refractivity contribution >= 4 is 28.6 Å². The Morgan fingerprint density at radius 3 is 2.46 bits per heavy atom. The van der Waals surface area contributed by atoms with E-state index in [9.17, 15) is 31.0 Å². The SMILES string of the molecule is O=C1C=C[C@H]([C@H](NS(=O)C(F)(F)C(F)(F)Cl)c2cccc(F)c2)O1. The molecular weight excluding hydrogens is 381 g/mol. The van der Waals surface area contributed by atoms with Crippen LogP contribution in [0.1, 0.15) is 11.6 Å². The van der Waals surface area contributed by atoms with E-state index in [0.717, 1.165) is 24.3 Å². The third-order valence-corrected chi connectivity index (χ3v) is 4.55. The predicted molar refractivity (Wildman–Crippen MR) is 75.2 cm³/mol. The second-order valence-corrected chi connectivity index (χ2v) is 6.45. The van der Waals surface area contributed by atoms with Crippen molar-refractivity contribution in [3.05, 3.63) is 47.8 Å². The van der Waals surface area contributed by atoms with Crippen molar-refractivity contribution in [2.75, 3.05) is 0 Å². The summed E-state index contributed by atoms with van der Waals surface area (Å²) >= 11 is 4.28. The molecule has 1 unspecified atom stereocenters. The molecule has 1 N–H and O–H groups in total. The second kappa shape index (κ2) is 6.77. The number of benzene rings is 1. The predicted octanol–water partition coefficient (Wildman–Crippen LogP) is 3.03. The van der Waals surface area contributed by atoms with Gasteiger partial charge in [0.1, 0.15) is 11.9 Å². The highest BCUT2D eigenvalue weighted by Crippen LogP contribution is 2.40. The average molecular weight is 390 g/mol. The molecule has 1 heterocycles. The van der Waals surface area contributed by atoms with Gasteiger partial charge in [0.15, 0.2) is 11.0 Å². The molecule has 0 radical (unpaired) electrons. The van der Waals surface area contributed by atoms with Crippen LogP contribution in [0, 0.1) is 5.82 Å². The van der Waals surface area contributed by atoms with Crippen LogP contribution in [0.25, 0.3) is 0 Å². The molecule has 1 aliphatic heterocycles. The normalized spacial score (nSPS) is 20.8. The van der Waals surface area contributed by atoms with Gasteiger partial charge in [-0.3, -0.25) is 0 Å². The van der Waals surface area contributed by atoms with Crippen LogP contribution in [-0.2, 0) is 20.5 Å². The molecule has 4 nitrogen and oxygen atoms in total. The Labute approximate surface area is 140 Å². The van der Waals surface area contributed by atoms with Crippen LogP contribution in [0.4, 0.5) is 22.0 Å². The van der Waals surface area contributed by atoms with Crippen molar-refractivity contribution in [2.45, 2.75) is 22.8 Å². The standard InChI is InChI=1S/C13H9ClF5NO3S/c14-12(16,17)13(18,19)24(22)20-11(9-4-5-10(21)23-9)7-2-1-3-8(15)6-7/h1-6,9,11,20H/t9-,11-,24?/m1/s1. The summed E-state index contributed by atoms with van der Waals surface area (Å²) in [4.78, 5) is 11.1. The molecule has 0 amide bonds. The Kier molecular flexibility index (Phi) is 5.31. The number of carbonyl (C=O) groups excluding carboxylic acids is 1. The van der Waals surface area contributed by atoms with E-state index in [0.29, 0.717) is 0 Å². The Bertz CT molecular complexity index is 694. The van der Waals surface area contributed by atoms with Crippen molar-refractivity contribution in [3.8, 4) is 0 Å². The highest BCUT2D eigenvalue weighted by atomic mass is 35.5. The lowest BCUT2D eigenvalue weighted by atomic mass is 10.0. The molecule has 0 fully saturated rings. The molecule has 0 bridgehead atoms. The van der Waals surface area contributed by atoms with E-state index in [1.807, 2.05) is 0 Å². The maximum atomic E-state index is 13.4. The Morgan fingerprint density at radius 2 is 1.96 bits per heavy atom. The zero-order chi connectivity index (χ0) is 18.1. The number of rotatable bonds is 6. The molecule has 0 aliphatic carbocycles. The fraction of sp³-hybridized carbons (Fsp3) is 0.308. The van der Waals surface area contributed by atoms with E-state index in [2.05, 4.69) is 11.6 Å². The van der Waals surface area contributed by atoms with Crippen molar-refractivity contribution in [1.82, 2.24) is 4.72 Å². The molecule has 0 spiro atoms. The number of ether oxygens (including phenoxy) is 1. The van der Waals surface area contributed by atoms with Crippen LogP contribution in [0.3, 0.4) is 0 Å². The van der Waals surface area contributed by atoms with Crippen molar-refractivity contribution in [1.29, 1.82) is 0 Å². The van der Waals surface area contributed by atoms with Crippen molar-refractivity contribution in [3.63, 3.8) is 0 Å². The topological polar surface area (TPSA) is 55.4 Å². The molecule has 1 aromatic rings. The molecular formula is C13H9ClF5NO3S. The van der Waals surface area contributed by atoms with E-state index >= 15 is 0 Å². The third-order valence-electron chi connectivity index (χ3n) is 3.01. The largest absolute Gasteiger partial charge is 0.453 e. The minimum absolute atomic E-state index is 0.0404. The third kappa shape index (κ3) is 3.93. The first-order chi connectivity index (χ1) is 11.0. The first kappa shape index (κ1) is 18.8. The lowest BCUT2D eigenvalue weighted by molar-refractivity contribution is -0.139. The van der Waals surface area contributed by atoms with Crippen LogP contribution in [0.5, 0.6) is 0 Å². The maximum absolute atomic E-state index is 13.4. The van der Waals surface area contributed by atoms with Crippen LogP contribution < -0.4 is 4.72 Å². The lowest BCUT2D eigenvalue weighted by Gasteiger charge is -2.27. The molecule has 0 saturated heterocycles. The molecule has 0 saturated carbocycles. The fourth-order valence-electron chi connectivity index (χ4n) is 1.88. The van der Waals surface area contributed by atoms with Gasteiger partial charge in [0.05, 0.1) is 6.04 Å². The van der Waals surface area contributed by atoms with Gasteiger partial charge < -0.3 is 4.74 Å². The van der Waals surface area contributed by atoms with E-state index in [-0.39, 0.29) is 5.56 Å². The van der Waals surface area contributed by atoms with Crippen LogP contribution in [-0.4, -0.2) is 26.9 Å². The van der Waals surface area contributed by atoms with E-state index in [1.165, 1.54) is 12.1 Å². The smallest absolute Gasteiger partial charge is 0.410 e. The van der Waals surface area contributed by atoms with E-state index in [1.54, 1.807) is 4.72 Å². The van der Waals surface area contributed by atoms with Gasteiger partial charge in [-0.05, 0) is 35.4 Å². The molecule has 0 aromatic heterocycles. The summed E-state index contributed by atoms with van der Waals surface area (Å²) in [5.74, 6) is -1.57. The number of hydrogen-bond donors (Lipinski definition) is 1. The summed E-state index contributed by atoms with van der Waals surface area (Å²) in [6.45, 7) is 0. The monoisotopic (exact) mass is 389 g/mol. The Morgan fingerprint density at radius 1 is 1.29 bits per heavy atom. The quantitative estimate of drug-likeness (QED) is 0.462. The molecule has 1 aliphatic rings. The molecule has 2 rings (SSSR count). The first-order valence-electron chi connectivity index (χ1n) is 6.29. The van der Waals surface area contributed by atoms with Gasteiger partial charge in [0.2, 0.25) is 0 Å². The van der Waals surface area contributed by atoms with Crippen molar-refractivity contribution < 1.29 is 35.7 Å². The summed E-state index contributed by atoms with van der Waals surface area (Å²) in [5, 5.41) is -10.2. The number of nitrogens with one attached hydrogen (secondary N) is 1. The first-order valence-corrected chi connectivity index (χ1v) is 7.82. The maximum Gasteiger partial charge on any atom is 0.410 e. The lowest BCUT2D eigenvalue weighted by Crippen LogP contribution is -2.47. The molecule has 11 heteroatoms. The fourth-order valence-corrected chi connectivity index (χ4v) is 2.95. The summed E-state index contributed by atoms with van der Waals surface area (Å²) in [7, 11) is -3.66. The average Bonchev–Trinajstić information content (AvgIpc) is 2.89. The van der Waals surface area contributed by atoms with E-state index < -0.39 is 45.6 Å². The number of cyclic esters (lactones) is 1. The van der Waals surface area contributed by atoms with Gasteiger partial charge in [0, 0.05) is 6.08 Å². The molecule has 24 heavy (non-hydrogen) atoms. The summed E-state index contributed by atoms with van der Waals surface area (Å²) in [6, 6.07) is 2.96. The van der Waals surface area contributed by atoms with Gasteiger partial charge in [-0.25, -0.2) is 18.1 Å². The van der Waals surface area contributed by atoms with Crippen LogP contribution in [0.15, 0.2) is 36.4 Å². The number of halogens is 6. The summed E-state index contributed by atoms with van der Waals surface area (Å²) < 4.78 is 83.8. The minimum Gasteiger partial charge on any atom is -0.453 e. The Hall–Kier alpha value is -1.52. The summed E-state index contributed by atoms with van der Waals surface area (Å²) in [6.07, 6.45) is 0.859. The van der Waals surface area contributed by atoms with Gasteiger partial charge in [-0.1, -0.05) is 12.1 Å². The molecule has 132 valence electrons. The van der Waals surface area contributed by atoms with Crippen LogP contribution in [0.2, 0.25) is 0 Å². The van der Waals surface area contributed by atoms with Gasteiger partial charge in [-0.2, -0.15) is 17.6 Å². The highest BCUT2D eigenvalue weighted by Gasteiger charge is 2.61. The zero-order valence-electron chi connectivity index (χ0n) is 11.5. The van der Waals surface area contributed by atoms with E-state index in [4.69, 9.17) is 4.74 Å².